The zero-order valence-corrected chi connectivity index (χ0v) is 4.71. The molecule has 0 aromatic carbocycles. The molecule has 4 heteroatoms. The van der Waals surface area contributed by atoms with Crippen LogP contribution in [0.25, 0.3) is 0 Å². The maximum absolute atomic E-state index is 9.83. The van der Waals surface area contributed by atoms with E-state index in [-0.39, 0.29) is 0 Å². The molecule has 0 saturated carbocycles. The molecule has 0 unspecified atom stereocenters. The standard InChI is InChI=1S/C4H9BN2O/c6-4-1-7(2-4)5-3-8/h3-5H,1-2,6H2. The van der Waals surface area contributed by atoms with Crippen molar-refractivity contribution in [3.05, 3.63) is 0 Å². The Kier molecular flexibility index (Phi) is 1.65. The summed E-state index contributed by atoms with van der Waals surface area (Å²) in [6.45, 7) is 1.78. The Morgan fingerprint density at radius 1 is 1.75 bits per heavy atom. The molecule has 0 spiro atoms. The van der Waals surface area contributed by atoms with Crippen molar-refractivity contribution in [2.24, 2.45) is 5.73 Å². The molecule has 1 rings (SSSR count). The molecule has 3 nitrogen and oxygen atoms in total. The molecule has 0 atom stereocenters. The topological polar surface area (TPSA) is 46.3 Å². The van der Waals surface area contributed by atoms with Crippen LogP contribution in [0.2, 0.25) is 0 Å². The Morgan fingerprint density at radius 3 is 2.75 bits per heavy atom. The number of carbonyl (C=O) groups excluding carboxylic acids is 1. The second kappa shape index (κ2) is 2.28. The predicted octanol–water partition coefficient (Wildman–Crippen LogP) is -1.83. The fourth-order valence-electron chi connectivity index (χ4n) is 0.864. The third-order valence-electron chi connectivity index (χ3n) is 1.32. The van der Waals surface area contributed by atoms with Crippen molar-refractivity contribution in [1.29, 1.82) is 0 Å². The van der Waals surface area contributed by atoms with Gasteiger partial charge in [-0.15, -0.1) is 0 Å². The molecular formula is C4H9BN2O. The Labute approximate surface area is 49.1 Å². The Hall–Kier alpha value is -0.345. The molecule has 2 N–H and O–H groups in total. The van der Waals surface area contributed by atoms with Crippen LogP contribution in [0.4, 0.5) is 0 Å². The van der Waals surface area contributed by atoms with Gasteiger partial charge >= 0.3 is 0 Å². The van der Waals surface area contributed by atoms with E-state index in [9.17, 15) is 4.79 Å². The summed E-state index contributed by atoms with van der Waals surface area (Å²) in [5.74, 6) is 0. The van der Waals surface area contributed by atoms with Crippen LogP contribution in [0.3, 0.4) is 0 Å². The lowest BCUT2D eigenvalue weighted by Gasteiger charge is -2.35. The monoisotopic (exact) mass is 112 g/mol. The fourth-order valence-corrected chi connectivity index (χ4v) is 0.864. The molecule has 1 aliphatic rings. The molecule has 8 heavy (non-hydrogen) atoms. The van der Waals surface area contributed by atoms with Crippen LogP contribution in [0.1, 0.15) is 0 Å². The van der Waals surface area contributed by atoms with Crippen LogP contribution in [0.15, 0.2) is 0 Å². The number of hydrogen-bond donors (Lipinski definition) is 1. The van der Waals surface area contributed by atoms with Gasteiger partial charge in [0.2, 0.25) is 0 Å². The van der Waals surface area contributed by atoms with Crippen LogP contribution < -0.4 is 5.73 Å². The second-order valence-electron chi connectivity index (χ2n) is 2.15. The third-order valence-corrected chi connectivity index (χ3v) is 1.32. The Balaban J connectivity index is 2.06. The van der Waals surface area contributed by atoms with Crippen LogP contribution in [-0.2, 0) is 4.79 Å². The summed E-state index contributed by atoms with van der Waals surface area (Å²) in [6.07, 6.45) is 0.909. The molecule has 0 radical (unpaired) electrons. The Morgan fingerprint density at radius 2 is 2.38 bits per heavy atom. The first kappa shape index (κ1) is 5.79. The van der Waals surface area contributed by atoms with Gasteiger partial charge < -0.3 is 15.3 Å². The first-order valence-electron chi connectivity index (χ1n) is 2.74. The molecule has 1 aliphatic heterocycles. The van der Waals surface area contributed by atoms with E-state index in [1.54, 1.807) is 0 Å². The minimum atomic E-state index is 0.315. The summed E-state index contributed by atoms with van der Waals surface area (Å²) in [5, 5.41) is 0. The van der Waals surface area contributed by atoms with Gasteiger partial charge in [0.15, 0.2) is 0 Å². The lowest BCUT2D eigenvalue weighted by atomic mass is 9.88. The lowest BCUT2D eigenvalue weighted by Crippen LogP contribution is -2.57. The molecule has 0 amide bonds. The van der Waals surface area contributed by atoms with E-state index in [4.69, 9.17) is 5.73 Å². The summed E-state index contributed by atoms with van der Waals surface area (Å²) in [6, 6.07) is 0.315. The molecule has 44 valence electrons. The zero-order valence-electron chi connectivity index (χ0n) is 4.71. The second-order valence-corrected chi connectivity index (χ2v) is 2.15. The van der Waals surface area contributed by atoms with Gasteiger partial charge in [0.25, 0.3) is 7.41 Å². The van der Waals surface area contributed by atoms with Crippen LogP contribution >= 0.6 is 0 Å². The minimum absolute atomic E-state index is 0.315. The van der Waals surface area contributed by atoms with Gasteiger partial charge in [-0.2, -0.15) is 0 Å². The van der Waals surface area contributed by atoms with E-state index in [1.165, 1.54) is 0 Å². The van der Waals surface area contributed by atoms with Crippen LogP contribution in [0.5, 0.6) is 0 Å². The van der Waals surface area contributed by atoms with E-state index in [0.717, 1.165) is 19.3 Å². The molecule has 1 fully saturated rings. The summed E-state index contributed by atoms with van der Waals surface area (Å²) in [5.41, 5.74) is 5.44. The van der Waals surface area contributed by atoms with Crippen LogP contribution in [-0.4, -0.2) is 37.5 Å². The van der Waals surface area contributed by atoms with Gasteiger partial charge in [-0.05, 0) is 0 Å². The average molecular weight is 112 g/mol. The van der Waals surface area contributed by atoms with Gasteiger partial charge in [0, 0.05) is 19.1 Å². The van der Waals surface area contributed by atoms with Crippen molar-refractivity contribution in [1.82, 2.24) is 4.81 Å². The summed E-state index contributed by atoms with van der Waals surface area (Å²) < 4.78 is 0. The molecule has 0 aliphatic carbocycles. The summed E-state index contributed by atoms with van der Waals surface area (Å²) >= 11 is 0. The van der Waals surface area contributed by atoms with Crippen molar-refractivity contribution >= 4 is 13.6 Å². The first-order valence-corrected chi connectivity index (χ1v) is 2.74. The van der Waals surface area contributed by atoms with E-state index in [2.05, 4.69) is 0 Å². The quantitative estimate of drug-likeness (QED) is 0.337. The van der Waals surface area contributed by atoms with Crippen molar-refractivity contribution in [2.45, 2.75) is 6.04 Å². The van der Waals surface area contributed by atoms with Gasteiger partial charge in [-0.3, -0.25) is 0 Å². The van der Waals surface area contributed by atoms with E-state index in [1.807, 2.05) is 4.81 Å². The largest absolute Gasteiger partial charge is 0.336 e. The van der Waals surface area contributed by atoms with Crippen molar-refractivity contribution in [3.63, 3.8) is 0 Å². The molecular weight excluding hydrogens is 103 g/mol. The third kappa shape index (κ3) is 1.08. The molecule has 1 heterocycles. The molecule has 0 aromatic heterocycles. The van der Waals surface area contributed by atoms with Gasteiger partial charge in [-0.25, -0.2) is 0 Å². The van der Waals surface area contributed by atoms with E-state index < -0.39 is 0 Å². The smallest absolute Gasteiger partial charge is 0.281 e. The average Bonchev–Trinajstić information content (AvgIpc) is 1.64. The van der Waals surface area contributed by atoms with Crippen LogP contribution in [0, 0.1) is 0 Å². The maximum Gasteiger partial charge on any atom is 0.281 e. The van der Waals surface area contributed by atoms with E-state index >= 15 is 0 Å². The maximum atomic E-state index is 9.83. The number of nitrogens with zero attached hydrogens (tertiary/aromatic N) is 1. The first-order chi connectivity index (χ1) is 3.83. The summed E-state index contributed by atoms with van der Waals surface area (Å²) in [4.78, 5) is 11.8. The SMILES string of the molecule is NC1CN(BC=O)C1. The Bertz CT molecular complexity index is 92.0. The van der Waals surface area contributed by atoms with Crippen molar-refractivity contribution in [2.75, 3.05) is 13.1 Å². The highest BCUT2D eigenvalue weighted by Crippen LogP contribution is 2.00. The predicted molar refractivity (Wildman–Crippen MR) is 33.4 cm³/mol. The van der Waals surface area contributed by atoms with Gasteiger partial charge in [0.1, 0.15) is 0 Å². The molecule has 0 bridgehead atoms. The number of carbonyl (C=O) groups is 1. The molecule has 0 aromatic rings. The zero-order chi connectivity index (χ0) is 5.98. The number of hydrogen-bond acceptors (Lipinski definition) is 3. The summed E-state index contributed by atoms with van der Waals surface area (Å²) in [7, 11) is 0.549. The number of nitrogens with two attached hydrogens (primary N) is 1. The number of rotatable bonds is 2. The van der Waals surface area contributed by atoms with E-state index in [0.29, 0.717) is 13.5 Å². The highest BCUT2D eigenvalue weighted by atomic mass is 16.1. The fraction of sp³-hybridized carbons (Fsp3) is 0.750. The molecule has 1 saturated heterocycles. The van der Waals surface area contributed by atoms with Gasteiger partial charge in [-0.1, -0.05) is 0 Å². The minimum Gasteiger partial charge on any atom is -0.336 e. The highest BCUT2D eigenvalue weighted by molar-refractivity contribution is 6.64. The van der Waals surface area contributed by atoms with Gasteiger partial charge in [0.05, 0.1) is 6.19 Å². The van der Waals surface area contributed by atoms with Crippen molar-refractivity contribution < 1.29 is 4.79 Å². The van der Waals surface area contributed by atoms with Crippen molar-refractivity contribution in [3.8, 4) is 0 Å². The lowest BCUT2D eigenvalue weighted by molar-refractivity contribution is 0.275. The highest BCUT2D eigenvalue weighted by Gasteiger charge is 2.21. The normalized spacial score (nSPS) is 22.1.